The summed E-state index contributed by atoms with van der Waals surface area (Å²) in [5.74, 6) is 0. The fourth-order valence-electron chi connectivity index (χ4n) is 2.20. The average Bonchev–Trinajstić information content (AvgIpc) is 2.75. The maximum Gasteiger partial charge on any atom is 0.313 e. The lowest BCUT2D eigenvalue weighted by Crippen LogP contribution is -2.06. The van der Waals surface area contributed by atoms with Crippen LogP contribution in [0.1, 0.15) is 29.4 Å². The van der Waals surface area contributed by atoms with E-state index in [9.17, 15) is 10.1 Å². The van der Waals surface area contributed by atoms with Gasteiger partial charge in [0.2, 0.25) is 0 Å². The van der Waals surface area contributed by atoms with Crippen LogP contribution >= 0.6 is 0 Å². The van der Waals surface area contributed by atoms with Crippen molar-refractivity contribution in [1.82, 2.24) is 9.78 Å². The maximum atomic E-state index is 11.1. The topological polar surface area (TPSA) is 84.8 Å². The van der Waals surface area contributed by atoms with Gasteiger partial charge in [-0.15, -0.1) is 0 Å². The van der Waals surface area contributed by atoms with Crippen LogP contribution in [0.2, 0.25) is 0 Å². The third-order valence-electron chi connectivity index (χ3n) is 3.13. The number of rotatable bonds is 4. The van der Waals surface area contributed by atoms with E-state index in [1.165, 1.54) is 0 Å². The van der Waals surface area contributed by atoms with Gasteiger partial charge >= 0.3 is 5.69 Å². The number of nitrogens with zero attached hydrogens (tertiary/aromatic N) is 4. The summed E-state index contributed by atoms with van der Waals surface area (Å²) in [4.78, 5) is 10.7. The summed E-state index contributed by atoms with van der Waals surface area (Å²) in [6.07, 6.45) is 0.549. The van der Waals surface area contributed by atoms with E-state index in [4.69, 9.17) is 5.26 Å². The highest BCUT2D eigenvalue weighted by atomic mass is 16.6. The number of hydrogen-bond acceptors (Lipinski definition) is 4. The highest BCUT2D eigenvalue weighted by Crippen LogP contribution is 2.24. The molecule has 0 unspecified atom stereocenters. The maximum absolute atomic E-state index is 11.1. The van der Waals surface area contributed by atoms with E-state index in [1.807, 2.05) is 19.1 Å². The molecule has 0 saturated heterocycles. The molecule has 2 aromatic rings. The molecule has 0 atom stereocenters. The largest absolute Gasteiger partial charge is 0.313 e. The number of nitriles is 1. The zero-order valence-electron chi connectivity index (χ0n) is 11.3. The summed E-state index contributed by atoms with van der Waals surface area (Å²) < 4.78 is 1.66. The molecule has 2 rings (SSSR count). The quantitative estimate of drug-likeness (QED) is 0.631. The van der Waals surface area contributed by atoms with E-state index in [0.29, 0.717) is 29.9 Å². The first-order chi connectivity index (χ1) is 9.56. The van der Waals surface area contributed by atoms with E-state index in [0.717, 1.165) is 5.56 Å². The first-order valence-electron chi connectivity index (χ1n) is 6.26. The lowest BCUT2D eigenvalue weighted by molar-refractivity contribution is -0.386. The lowest BCUT2D eigenvalue weighted by Gasteiger charge is -2.05. The average molecular weight is 270 g/mol. The number of hydrogen-bond donors (Lipinski definition) is 0. The Morgan fingerprint density at radius 3 is 2.55 bits per heavy atom. The minimum absolute atomic E-state index is 0.0983. The van der Waals surface area contributed by atoms with E-state index in [2.05, 4.69) is 11.2 Å². The Kier molecular flexibility index (Phi) is 3.80. The fourth-order valence-corrected chi connectivity index (χ4v) is 2.20. The molecule has 1 aromatic carbocycles. The van der Waals surface area contributed by atoms with Crippen molar-refractivity contribution >= 4 is 5.69 Å². The lowest BCUT2D eigenvalue weighted by atomic mass is 10.1. The van der Waals surface area contributed by atoms with Crippen molar-refractivity contribution in [2.45, 2.75) is 26.8 Å². The molecule has 1 aromatic heterocycles. The van der Waals surface area contributed by atoms with Crippen molar-refractivity contribution in [2.24, 2.45) is 0 Å². The van der Waals surface area contributed by atoms with Gasteiger partial charge in [0, 0.05) is 0 Å². The minimum Gasteiger partial charge on any atom is -0.258 e. The van der Waals surface area contributed by atoms with Crippen molar-refractivity contribution in [2.75, 3.05) is 0 Å². The van der Waals surface area contributed by atoms with Crippen LogP contribution in [0.5, 0.6) is 0 Å². The summed E-state index contributed by atoms with van der Waals surface area (Å²) in [5.41, 5.74) is 2.70. The van der Waals surface area contributed by atoms with E-state index in [-0.39, 0.29) is 10.6 Å². The normalized spacial score (nSPS) is 10.2. The predicted molar refractivity (Wildman–Crippen MR) is 73.3 cm³/mol. The standard InChI is InChI=1S/C14H14N4O2/c1-3-13-14(18(19)20)10(2)16-17(13)9-12-6-4-11(8-15)5-7-12/h4-7H,3,9H2,1-2H3. The van der Waals surface area contributed by atoms with Gasteiger partial charge in [-0.2, -0.15) is 10.4 Å². The molecule has 0 spiro atoms. The molecular weight excluding hydrogens is 256 g/mol. The van der Waals surface area contributed by atoms with Crippen LogP contribution in [0.15, 0.2) is 24.3 Å². The Bertz CT molecular complexity index is 680. The van der Waals surface area contributed by atoms with Gasteiger partial charge < -0.3 is 0 Å². The first-order valence-corrected chi connectivity index (χ1v) is 6.26. The van der Waals surface area contributed by atoms with Crippen molar-refractivity contribution in [3.63, 3.8) is 0 Å². The van der Waals surface area contributed by atoms with Crippen LogP contribution in [0.3, 0.4) is 0 Å². The highest BCUT2D eigenvalue weighted by Gasteiger charge is 2.23. The SMILES string of the molecule is CCc1c([N+](=O)[O-])c(C)nn1Cc1ccc(C#N)cc1. The van der Waals surface area contributed by atoms with Crippen molar-refractivity contribution in [3.05, 3.63) is 56.9 Å². The second-order valence-corrected chi connectivity index (χ2v) is 4.46. The van der Waals surface area contributed by atoms with Crippen LogP contribution in [-0.2, 0) is 13.0 Å². The van der Waals surface area contributed by atoms with Gasteiger partial charge in [0.15, 0.2) is 0 Å². The fraction of sp³-hybridized carbons (Fsp3) is 0.286. The highest BCUT2D eigenvalue weighted by molar-refractivity contribution is 5.41. The molecule has 0 amide bonds. The molecule has 0 aliphatic rings. The Morgan fingerprint density at radius 1 is 1.40 bits per heavy atom. The molecule has 0 radical (unpaired) electrons. The third kappa shape index (κ3) is 2.52. The second-order valence-electron chi connectivity index (χ2n) is 4.46. The van der Waals surface area contributed by atoms with Crippen LogP contribution < -0.4 is 0 Å². The second kappa shape index (κ2) is 5.53. The molecule has 0 aliphatic heterocycles. The molecule has 0 saturated carbocycles. The van der Waals surface area contributed by atoms with Crippen molar-refractivity contribution in [1.29, 1.82) is 5.26 Å². The Balaban J connectivity index is 2.36. The summed E-state index contributed by atoms with van der Waals surface area (Å²) in [6.45, 7) is 3.98. The van der Waals surface area contributed by atoms with E-state index < -0.39 is 0 Å². The molecule has 0 fully saturated rings. The predicted octanol–water partition coefficient (Wildman–Crippen LogP) is 2.58. The summed E-state index contributed by atoms with van der Waals surface area (Å²) in [7, 11) is 0. The monoisotopic (exact) mass is 270 g/mol. The van der Waals surface area contributed by atoms with Gasteiger partial charge in [0.1, 0.15) is 11.4 Å². The molecule has 0 bridgehead atoms. The molecule has 0 N–H and O–H groups in total. The number of aryl methyl sites for hydroxylation is 1. The third-order valence-corrected chi connectivity index (χ3v) is 3.13. The molecular formula is C14H14N4O2. The molecule has 1 heterocycles. The van der Waals surface area contributed by atoms with Gasteiger partial charge in [-0.1, -0.05) is 19.1 Å². The number of benzene rings is 1. The number of nitro groups is 1. The molecule has 20 heavy (non-hydrogen) atoms. The van der Waals surface area contributed by atoms with E-state index >= 15 is 0 Å². The van der Waals surface area contributed by atoms with Crippen LogP contribution in [0, 0.1) is 28.4 Å². The van der Waals surface area contributed by atoms with Gasteiger partial charge in [0.05, 0.1) is 23.1 Å². The Labute approximate surface area is 116 Å². The summed E-state index contributed by atoms with van der Waals surface area (Å²) in [6, 6.07) is 9.18. The number of aromatic nitrogens is 2. The molecule has 6 nitrogen and oxygen atoms in total. The van der Waals surface area contributed by atoms with Crippen LogP contribution in [0.4, 0.5) is 5.69 Å². The smallest absolute Gasteiger partial charge is 0.258 e. The van der Waals surface area contributed by atoms with Gasteiger partial charge in [-0.25, -0.2) is 0 Å². The molecule has 102 valence electrons. The van der Waals surface area contributed by atoms with Gasteiger partial charge in [-0.3, -0.25) is 14.8 Å². The Hall–Kier alpha value is -2.68. The van der Waals surface area contributed by atoms with Crippen LogP contribution in [0.25, 0.3) is 0 Å². The zero-order valence-corrected chi connectivity index (χ0v) is 11.3. The minimum atomic E-state index is -0.379. The van der Waals surface area contributed by atoms with Crippen molar-refractivity contribution in [3.8, 4) is 6.07 Å². The van der Waals surface area contributed by atoms with Crippen molar-refractivity contribution < 1.29 is 4.92 Å². The van der Waals surface area contributed by atoms with Gasteiger partial charge in [-0.05, 0) is 31.0 Å². The summed E-state index contributed by atoms with van der Waals surface area (Å²) in [5, 5.41) is 24.1. The Morgan fingerprint density at radius 2 is 2.05 bits per heavy atom. The molecule has 6 heteroatoms. The van der Waals surface area contributed by atoms with Gasteiger partial charge in [0.25, 0.3) is 0 Å². The van der Waals surface area contributed by atoms with Crippen LogP contribution in [-0.4, -0.2) is 14.7 Å². The first kappa shape index (κ1) is 13.7. The molecule has 0 aliphatic carbocycles. The summed E-state index contributed by atoms with van der Waals surface area (Å²) >= 11 is 0. The van der Waals surface area contributed by atoms with E-state index in [1.54, 1.807) is 23.7 Å². The zero-order chi connectivity index (χ0) is 14.7.